The van der Waals surface area contributed by atoms with Gasteiger partial charge in [0.15, 0.2) is 9.84 Å². The average molecular weight is 325 g/mol. The molecule has 1 amide bonds. The van der Waals surface area contributed by atoms with Gasteiger partial charge in [-0.25, -0.2) is 13.2 Å². The number of carboxylic acid groups (broad SMARTS) is 1. The van der Waals surface area contributed by atoms with Crippen LogP contribution in [0.15, 0.2) is 24.3 Å². The van der Waals surface area contributed by atoms with E-state index in [4.69, 9.17) is 0 Å². The van der Waals surface area contributed by atoms with Gasteiger partial charge in [0.2, 0.25) is 0 Å². The molecule has 0 bridgehead atoms. The lowest BCUT2D eigenvalue weighted by molar-refractivity contribution is -0.144. The Labute approximate surface area is 129 Å². The van der Waals surface area contributed by atoms with Crippen LogP contribution in [0, 0.1) is 0 Å². The maximum atomic E-state index is 12.2. The van der Waals surface area contributed by atoms with Gasteiger partial charge >= 0.3 is 5.97 Å². The van der Waals surface area contributed by atoms with Crippen LogP contribution in [0.4, 0.5) is 0 Å². The van der Waals surface area contributed by atoms with E-state index in [2.05, 4.69) is 5.32 Å². The molecule has 1 saturated carbocycles. The van der Waals surface area contributed by atoms with Crippen LogP contribution in [0.3, 0.4) is 0 Å². The fourth-order valence-electron chi connectivity index (χ4n) is 2.72. The summed E-state index contributed by atoms with van der Waals surface area (Å²) in [5, 5.41) is 12.0. The van der Waals surface area contributed by atoms with Gasteiger partial charge in [0.05, 0.1) is 5.75 Å². The number of hydrogen-bond donors (Lipinski definition) is 2. The zero-order valence-corrected chi connectivity index (χ0v) is 13.1. The van der Waals surface area contributed by atoms with Crippen LogP contribution >= 0.6 is 0 Å². The first-order valence-corrected chi connectivity index (χ1v) is 9.10. The first-order chi connectivity index (χ1) is 10.2. The Morgan fingerprint density at radius 2 is 1.73 bits per heavy atom. The number of amides is 1. The van der Waals surface area contributed by atoms with Gasteiger partial charge in [0, 0.05) is 11.8 Å². The highest BCUT2D eigenvalue weighted by atomic mass is 32.2. The summed E-state index contributed by atoms with van der Waals surface area (Å²) in [4.78, 5) is 23.6. The van der Waals surface area contributed by atoms with Gasteiger partial charge in [-0.3, -0.25) is 4.79 Å². The molecule has 1 aromatic rings. The van der Waals surface area contributed by atoms with Crippen molar-refractivity contribution in [3.8, 4) is 0 Å². The van der Waals surface area contributed by atoms with E-state index in [1.165, 1.54) is 12.1 Å². The third-order valence-corrected chi connectivity index (χ3v) is 4.72. The van der Waals surface area contributed by atoms with Crippen molar-refractivity contribution in [3.05, 3.63) is 35.4 Å². The fraction of sp³-hybridized carbons (Fsp3) is 0.467. The Hall–Kier alpha value is -1.89. The van der Waals surface area contributed by atoms with E-state index in [-0.39, 0.29) is 5.75 Å². The molecule has 0 radical (unpaired) electrons. The Balaban J connectivity index is 2.11. The van der Waals surface area contributed by atoms with E-state index in [1.54, 1.807) is 12.1 Å². The van der Waals surface area contributed by atoms with E-state index < -0.39 is 27.3 Å². The molecule has 2 N–H and O–H groups in total. The van der Waals surface area contributed by atoms with Gasteiger partial charge in [0.25, 0.3) is 5.91 Å². The number of carbonyl (C=O) groups excluding carboxylic acids is 1. The highest BCUT2D eigenvalue weighted by Gasteiger charge is 2.42. The predicted octanol–water partition coefficient (Wildman–Crippen LogP) is 1.36. The molecule has 0 aromatic heterocycles. The van der Waals surface area contributed by atoms with Crippen LogP contribution < -0.4 is 5.32 Å². The van der Waals surface area contributed by atoms with Crippen LogP contribution in [-0.4, -0.2) is 37.2 Å². The summed E-state index contributed by atoms with van der Waals surface area (Å²) < 4.78 is 22.4. The lowest BCUT2D eigenvalue weighted by atomic mass is 9.97. The molecule has 0 heterocycles. The molecule has 0 saturated heterocycles. The highest BCUT2D eigenvalue weighted by Crippen LogP contribution is 2.30. The third-order valence-electron chi connectivity index (χ3n) is 3.86. The van der Waals surface area contributed by atoms with Gasteiger partial charge in [-0.15, -0.1) is 0 Å². The molecule has 0 spiro atoms. The SMILES string of the molecule is CS(=O)(=O)Cc1ccc(C(=O)NC2(C(=O)O)CCCC2)cc1. The van der Waals surface area contributed by atoms with Crippen molar-refractivity contribution in [2.24, 2.45) is 0 Å². The quantitative estimate of drug-likeness (QED) is 0.851. The molecular formula is C15H19NO5S. The predicted molar refractivity (Wildman–Crippen MR) is 81.3 cm³/mol. The second kappa shape index (κ2) is 6.08. The molecule has 0 unspecified atom stereocenters. The van der Waals surface area contributed by atoms with E-state index in [0.29, 0.717) is 24.0 Å². The first kappa shape index (κ1) is 16.5. The summed E-state index contributed by atoms with van der Waals surface area (Å²) in [7, 11) is -3.13. The molecule has 1 aliphatic rings. The minimum absolute atomic E-state index is 0.0893. The van der Waals surface area contributed by atoms with Crippen LogP contribution in [0.25, 0.3) is 0 Å². The number of hydrogen-bond acceptors (Lipinski definition) is 4. The summed E-state index contributed by atoms with van der Waals surface area (Å²) in [6, 6.07) is 6.16. The van der Waals surface area contributed by atoms with E-state index in [0.717, 1.165) is 19.1 Å². The normalized spacial score (nSPS) is 17.1. The Morgan fingerprint density at radius 3 is 2.18 bits per heavy atom. The van der Waals surface area contributed by atoms with Gasteiger partial charge < -0.3 is 10.4 Å². The molecule has 0 atom stereocenters. The number of carboxylic acids is 1. The smallest absolute Gasteiger partial charge is 0.329 e. The molecule has 0 aliphatic heterocycles. The fourth-order valence-corrected chi connectivity index (χ4v) is 3.51. The highest BCUT2D eigenvalue weighted by molar-refractivity contribution is 7.89. The topological polar surface area (TPSA) is 101 Å². The molecule has 1 aromatic carbocycles. The molecular weight excluding hydrogens is 306 g/mol. The van der Waals surface area contributed by atoms with Crippen molar-refractivity contribution in [2.45, 2.75) is 37.0 Å². The number of aliphatic carboxylic acids is 1. The van der Waals surface area contributed by atoms with E-state index in [9.17, 15) is 23.1 Å². The van der Waals surface area contributed by atoms with Gasteiger partial charge in [-0.2, -0.15) is 0 Å². The Kier molecular flexibility index (Phi) is 4.55. The molecule has 1 aliphatic carbocycles. The first-order valence-electron chi connectivity index (χ1n) is 7.04. The number of carbonyl (C=O) groups is 2. The molecule has 2 rings (SSSR count). The van der Waals surface area contributed by atoms with Crippen LogP contribution in [0.1, 0.15) is 41.6 Å². The number of benzene rings is 1. The number of nitrogens with one attached hydrogen (secondary N) is 1. The van der Waals surface area contributed by atoms with E-state index in [1.807, 2.05) is 0 Å². The summed E-state index contributed by atoms with van der Waals surface area (Å²) in [6.07, 6.45) is 3.56. The average Bonchev–Trinajstić information content (AvgIpc) is 2.87. The molecule has 1 fully saturated rings. The minimum atomic E-state index is -3.13. The van der Waals surface area contributed by atoms with Crippen molar-refractivity contribution >= 4 is 21.7 Å². The summed E-state index contributed by atoms with van der Waals surface area (Å²) >= 11 is 0. The lowest BCUT2D eigenvalue weighted by Gasteiger charge is -2.25. The zero-order chi connectivity index (χ0) is 16.4. The molecule has 7 heteroatoms. The van der Waals surface area contributed by atoms with Gasteiger partial charge in [0.1, 0.15) is 5.54 Å². The molecule has 120 valence electrons. The Morgan fingerprint density at radius 1 is 1.18 bits per heavy atom. The largest absolute Gasteiger partial charge is 0.480 e. The van der Waals surface area contributed by atoms with Crippen LogP contribution in [0.2, 0.25) is 0 Å². The van der Waals surface area contributed by atoms with E-state index >= 15 is 0 Å². The zero-order valence-electron chi connectivity index (χ0n) is 12.3. The van der Waals surface area contributed by atoms with Gasteiger partial charge in [-0.05, 0) is 30.5 Å². The van der Waals surface area contributed by atoms with Crippen molar-refractivity contribution in [2.75, 3.05) is 6.26 Å². The maximum absolute atomic E-state index is 12.2. The van der Waals surface area contributed by atoms with Crippen LogP contribution in [0.5, 0.6) is 0 Å². The lowest BCUT2D eigenvalue weighted by Crippen LogP contribution is -2.52. The summed E-state index contributed by atoms with van der Waals surface area (Å²) in [6.45, 7) is 0. The molecule has 22 heavy (non-hydrogen) atoms. The second-order valence-corrected chi connectivity index (χ2v) is 7.96. The Bertz CT molecular complexity index is 672. The standard InChI is InChI=1S/C15H19NO5S/c1-22(20,21)10-11-4-6-12(7-5-11)13(17)16-15(14(18)19)8-2-3-9-15/h4-7H,2-3,8-10H2,1H3,(H,16,17)(H,18,19). The third kappa shape index (κ3) is 3.85. The molecule has 6 nitrogen and oxygen atoms in total. The minimum Gasteiger partial charge on any atom is -0.480 e. The number of rotatable bonds is 5. The van der Waals surface area contributed by atoms with Crippen LogP contribution in [-0.2, 0) is 20.4 Å². The van der Waals surface area contributed by atoms with Crippen molar-refractivity contribution in [1.29, 1.82) is 0 Å². The maximum Gasteiger partial charge on any atom is 0.329 e. The second-order valence-electron chi connectivity index (χ2n) is 5.82. The van der Waals surface area contributed by atoms with Gasteiger partial charge in [-0.1, -0.05) is 25.0 Å². The van der Waals surface area contributed by atoms with Crippen molar-refractivity contribution in [1.82, 2.24) is 5.32 Å². The van der Waals surface area contributed by atoms with Crippen molar-refractivity contribution in [3.63, 3.8) is 0 Å². The number of sulfone groups is 1. The summed E-state index contributed by atoms with van der Waals surface area (Å²) in [5.74, 6) is -1.55. The summed E-state index contributed by atoms with van der Waals surface area (Å²) in [5.41, 5.74) is -0.264. The van der Waals surface area contributed by atoms with Crippen molar-refractivity contribution < 1.29 is 23.1 Å². The monoisotopic (exact) mass is 325 g/mol.